The van der Waals surface area contributed by atoms with Gasteiger partial charge in [-0.2, -0.15) is 13.2 Å². The number of amides is 3. The highest BCUT2D eigenvalue weighted by Crippen LogP contribution is 2.32. The Hall–Kier alpha value is -4.45. The highest BCUT2D eigenvalue weighted by molar-refractivity contribution is 5.97. The van der Waals surface area contributed by atoms with E-state index in [1.807, 2.05) is 0 Å². The number of halogens is 4. The van der Waals surface area contributed by atoms with Gasteiger partial charge < -0.3 is 25.7 Å². The normalized spacial score (nSPS) is 18.1. The number of carbonyl (C=O) groups excluding carboxylic acids is 3. The first kappa shape index (κ1) is 31.5. The Bertz CT molecular complexity index is 1470. The number of benzene rings is 3. The summed E-state index contributed by atoms with van der Waals surface area (Å²) in [4.78, 5) is 40.6. The average molecular weight is 602 g/mol. The van der Waals surface area contributed by atoms with Crippen molar-refractivity contribution < 1.29 is 42.2 Å². The fraction of sp³-hybridized carbons (Fsp3) is 0.323. The van der Waals surface area contributed by atoms with Crippen LogP contribution >= 0.6 is 0 Å². The number of aromatic hydroxyl groups is 1. The van der Waals surface area contributed by atoms with Crippen LogP contribution in [0.2, 0.25) is 0 Å². The van der Waals surface area contributed by atoms with Crippen molar-refractivity contribution in [2.24, 2.45) is 0 Å². The van der Waals surface area contributed by atoms with E-state index >= 15 is 0 Å². The van der Waals surface area contributed by atoms with Crippen molar-refractivity contribution in [3.8, 4) is 5.75 Å². The summed E-state index contributed by atoms with van der Waals surface area (Å²) in [6, 6.07) is 15.1. The van der Waals surface area contributed by atoms with E-state index in [0.29, 0.717) is 5.56 Å². The standard InChI is InChI=1S/C31H31F4N3O5/c1-18-22(11-7-13-26(18)39)28(41)37-24(14-19-8-3-2-4-9-19)27(40)30(43)38-17-21(32)15-25(38)29(42)36-16-20-10-5-6-12-23(20)31(33,34)35/h2-13,21,24-25,27,39-40H,14-17H2,1H3,(H,36,42)(H,37,41)/t21-,24-,25-,27-/m0/s1. The molecule has 1 aliphatic heterocycles. The van der Waals surface area contributed by atoms with Gasteiger partial charge in [0, 0.05) is 24.1 Å². The van der Waals surface area contributed by atoms with Gasteiger partial charge in [-0.15, -0.1) is 0 Å². The molecule has 4 rings (SSSR count). The van der Waals surface area contributed by atoms with E-state index in [1.54, 1.807) is 30.3 Å². The SMILES string of the molecule is Cc1c(O)cccc1C(=O)N[C@@H](Cc1ccccc1)[C@H](O)C(=O)N1C[C@@H](F)C[C@H]1C(=O)NCc1ccccc1C(F)(F)F. The largest absolute Gasteiger partial charge is 0.508 e. The molecule has 0 saturated carbocycles. The lowest BCUT2D eigenvalue weighted by Gasteiger charge is -2.30. The molecule has 1 heterocycles. The van der Waals surface area contributed by atoms with Crippen molar-refractivity contribution >= 4 is 17.7 Å². The van der Waals surface area contributed by atoms with Crippen LogP contribution < -0.4 is 10.6 Å². The number of phenols is 1. The zero-order valence-corrected chi connectivity index (χ0v) is 23.1. The van der Waals surface area contributed by atoms with Crippen molar-refractivity contribution in [2.75, 3.05) is 6.54 Å². The Morgan fingerprint density at radius 2 is 1.67 bits per heavy atom. The number of likely N-dealkylation sites (tertiary alicyclic amines) is 1. The smallest absolute Gasteiger partial charge is 0.416 e. The maximum absolute atomic E-state index is 14.6. The maximum atomic E-state index is 14.6. The van der Waals surface area contributed by atoms with E-state index in [9.17, 15) is 42.2 Å². The number of alkyl halides is 4. The van der Waals surface area contributed by atoms with Crippen LogP contribution in [0.1, 0.15) is 39.0 Å². The van der Waals surface area contributed by atoms with E-state index in [1.165, 1.54) is 43.3 Å². The number of phenolic OH excluding ortho intramolecular Hbond substituents is 1. The van der Waals surface area contributed by atoms with E-state index in [2.05, 4.69) is 10.6 Å². The first-order valence-corrected chi connectivity index (χ1v) is 13.6. The molecule has 0 aliphatic carbocycles. The van der Waals surface area contributed by atoms with Gasteiger partial charge in [-0.3, -0.25) is 14.4 Å². The van der Waals surface area contributed by atoms with Crippen LogP contribution in [0.15, 0.2) is 72.8 Å². The molecule has 3 aromatic rings. The first-order chi connectivity index (χ1) is 20.4. The van der Waals surface area contributed by atoms with Gasteiger partial charge in [-0.05, 0) is 42.7 Å². The van der Waals surface area contributed by atoms with Crippen LogP contribution in [0.4, 0.5) is 17.6 Å². The highest BCUT2D eigenvalue weighted by Gasteiger charge is 2.43. The minimum Gasteiger partial charge on any atom is -0.508 e. The van der Waals surface area contributed by atoms with Gasteiger partial charge in [0.2, 0.25) is 5.91 Å². The molecule has 228 valence electrons. The molecule has 0 radical (unpaired) electrons. The van der Waals surface area contributed by atoms with Crippen molar-refractivity contribution in [1.29, 1.82) is 0 Å². The molecule has 4 N–H and O–H groups in total. The van der Waals surface area contributed by atoms with Crippen molar-refractivity contribution in [1.82, 2.24) is 15.5 Å². The minimum atomic E-state index is -4.65. The molecule has 12 heteroatoms. The van der Waals surface area contributed by atoms with Crippen molar-refractivity contribution in [2.45, 2.75) is 56.8 Å². The van der Waals surface area contributed by atoms with Gasteiger partial charge in [0.15, 0.2) is 6.10 Å². The lowest BCUT2D eigenvalue weighted by atomic mass is 9.98. The van der Waals surface area contributed by atoms with Crippen molar-refractivity contribution in [3.05, 3.63) is 101 Å². The number of nitrogens with one attached hydrogen (secondary N) is 2. The summed E-state index contributed by atoms with van der Waals surface area (Å²) in [7, 11) is 0. The molecule has 4 atom stereocenters. The molecule has 8 nitrogen and oxygen atoms in total. The first-order valence-electron chi connectivity index (χ1n) is 13.6. The summed E-state index contributed by atoms with van der Waals surface area (Å²) in [5, 5.41) is 26.2. The van der Waals surface area contributed by atoms with Crippen LogP contribution in [-0.4, -0.2) is 63.7 Å². The third-order valence-electron chi connectivity index (χ3n) is 7.41. The van der Waals surface area contributed by atoms with E-state index in [4.69, 9.17) is 0 Å². The molecule has 0 unspecified atom stereocenters. The number of nitrogens with zero attached hydrogens (tertiary/aromatic N) is 1. The lowest BCUT2D eigenvalue weighted by molar-refractivity contribution is -0.146. The summed E-state index contributed by atoms with van der Waals surface area (Å²) in [6.45, 7) is 0.493. The number of rotatable bonds is 9. The van der Waals surface area contributed by atoms with Crippen LogP contribution in [0.5, 0.6) is 5.75 Å². The van der Waals surface area contributed by atoms with Gasteiger partial charge in [0.05, 0.1) is 18.2 Å². The Balaban J connectivity index is 1.53. The van der Waals surface area contributed by atoms with Crippen LogP contribution in [0.3, 0.4) is 0 Å². The molecular weight excluding hydrogens is 570 g/mol. The predicted molar refractivity (Wildman–Crippen MR) is 149 cm³/mol. The van der Waals surface area contributed by atoms with Crippen LogP contribution in [0, 0.1) is 6.92 Å². The summed E-state index contributed by atoms with van der Waals surface area (Å²) >= 11 is 0. The molecular formula is C31H31F4N3O5. The van der Waals surface area contributed by atoms with E-state index in [0.717, 1.165) is 11.0 Å². The number of carbonyl (C=O) groups is 3. The van der Waals surface area contributed by atoms with Gasteiger partial charge >= 0.3 is 6.18 Å². The third-order valence-corrected chi connectivity index (χ3v) is 7.41. The van der Waals surface area contributed by atoms with Gasteiger partial charge in [-0.1, -0.05) is 54.6 Å². The van der Waals surface area contributed by atoms with Crippen molar-refractivity contribution in [3.63, 3.8) is 0 Å². The van der Waals surface area contributed by atoms with Crippen LogP contribution in [-0.2, 0) is 28.7 Å². The molecule has 1 aliphatic rings. The maximum Gasteiger partial charge on any atom is 0.416 e. The second-order valence-electron chi connectivity index (χ2n) is 10.4. The molecule has 1 saturated heterocycles. The molecule has 0 spiro atoms. The van der Waals surface area contributed by atoms with E-state index < -0.39 is 73.3 Å². The molecule has 3 amide bonds. The molecule has 1 fully saturated rings. The van der Waals surface area contributed by atoms with Gasteiger partial charge in [0.25, 0.3) is 11.8 Å². The summed E-state index contributed by atoms with van der Waals surface area (Å²) in [5.74, 6) is -2.70. The average Bonchev–Trinajstić information content (AvgIpc) is 3.38. The summed E-state index contributed by atoms with van der Waals surface area (Å²) in [6.07, 6.45) is -8.60. The molecule has 3 aromatic carbocycles. The zero-order chi connectivity index (χ0) is 31.3. The Morgan fingerprint density at radius 1 is 1.00 bits per heavy atom. The second-order valence-corrected chi connectivity index (χ2v) is 10.4. The monoisotopic (exact) mass is 601 g/mol. The second kappa shape index (κ2) is 13.2. The zero-order valence-electron chi connectivity index (χ0n) is 23.1. The van der Waals surface area contributed by atoms with E-state index in [-0.39, 0.29) is 28.9 Å². The fourth-order valence-electron chi connectivity index (χ4n) is 5.10. The van der Waals surface area contributed by atoms with Gasteiger partial charge in [0.1, 0.15) is 18.0 Å². The summed E-state index contributed by atoms with van der Waals surface area (Å²) in [5.41, 5.74) is -0.0874. The number of hydrogen-bond acceptors (Lipinski definition) is 5. The molecule has 0 aromatic heterocycles. The Kier molecular flexibility index (Phi) is 9.70. The topological polar surface area (TPSA) is 119 Å². The van der Waals surface area contributed by atoms with Crippen LogP contribution in [0.25, 0.3) is 0 Å². The number of aliphatic hydroxyl groups is 1. The van der Waals surface area contributed by atoms with Gasteiger partial charge in [-0.25, -0.2) is 4.39 Å². The quantitative estimate of drug-likeness (QED) is 0.279. The Morgan fingerprint density at radius 3 is 2.37 bits per heavy atom. The molecule has 0 bridgehead atoms. The number of aliphatic hydroxyl groups excluding tert-OH is 1. The Labute approximate surface area is 245 Å². The number of hydrogen-bond donors (Lipinski definition) is 4. The summed E-state index contributed by atoms with van der Waals surface area (Å²) < 4.78 is 54.7. The molecule has 43 heavy (non-hydrogen) atoms. The highest BCUT2D eigenvalue weighted by atomic mass is 19.4. The predicted octanol–water partition coefficient (Wildman–Crippen LogP) is 3.68. The third kappa shape index (κ3) is 7.50. The minimum absolute atomic E-state index is 0.00463. The fourth-order valence-corrected chi connectivity index (χ4v) is 5.10. The lowest BCUT2D eigenvalue weighted by Crippen LogP contribution is -2.55.